The Morgan fingerprint density at radius 2 is 1.85 bits per heavy atom. The normalized spacial score (nSPS) is 13.4. The Morgan fingerprint density at radius 3 is 2.70 bits per heavy atom. The first-order valence-corrected chi connectivity index (χ1v) is 11.2. The average molecular weight is 433 g/mol. The molecule has 0 radical (unpaired) electrons. The first-order chi connectivity index (χ1) is 16.2. The van der Waals surface area contributed by atoms with Crippen LogP contribution in [0.2, 0.25) is 0 Å². The van der Waals surface area contributed by atoms with E-state index in [4.69, 9.17) is 0 Å². The number of hydrogen-bond donors (Lipinski definition) is 3. The minimum atomic E-state index is 0.349. The van der Waals surface area contributed by atoms with Crippen molar-refractivity contribution in [1.82, 2.24) is 25.1 Å². The summed E-state index contributed by atoms with van der Waals surface area (Å²) < 4.78 is 0. The molecule has 4 aromatic heterocycles. The summed E-state index contributed by atoms with van der Waals surface area (Å²) in [6, 6.07) is 13.0. The zero-order chi connectivity index (χ0) is 22.4. The topological polar surface area (TPSA) is 82.3 Å². The second-order valence-corrected chi connectivity index (χ2v) is 8.70. The molecular formula is C27H24N6. The van der Waals surface area contributed by atoms with Crippen LogP contribution in [0, 0.1) is 0 Å². The van der Waals surface area contributed by atoms with Crippen molar-refractivity contribution in [2.75, 3.05) is 5.32 Å². The number of nitrogens with one attached hydrogen (secondary N) is 3. The number of H-pyrrole nitrogens is 2. The van der Waals surface area contributed by atoms with E-state index in [-0.39, 0.29) is 0 Å². The molecule has 5 aromatic rings. The molecule has 1 aromatic carbocycles. The minimum absolute atomic E-state index is 0.349. The molecule has 0 aliphatic heterocycles. The second-order valence-electron chi connectivity index (χ2n) is 8.70. The van der Waals surface area contributed by atoms with Gasteiger partial charge in [0, 0.05) is 46.5 Å². The third-order valence-corrected chi connectivity index (χ3v) is 5.94. The van der Waals surface area contributed by atoms with Crippen molar-refractivity contribution >= 4 is 33.1 Å². The first kappa shape index (κ1) is 19.5. The lowest BCUT2D eigenvalue weighted by molar-refractivity contribution is 0.898. The van der Waals surface area contributed by atoms with Gasteiger partial charge in [-0.05, 0) is 61.7 Å². The van der Waals surface area contributed by atoms with Gasteiger partial charge in [-0.3, -0.25) is 15.1 Å². The number of fused-ring (bicyclic) bond motifs is 2. The van der Waals surface area contributed by atoms with Crippen molar-refractivity contribution in [2.24, 2.45) is 0 Å². The van der Waals surface area contributed by atoms with Crippen LogP contribution in [0.1, 0.15) is 26.0 Å². The molecule has 0 atom stereocenters. The number of rotatable bonds is 5. The monoisotopic (exact) mass is 432 g/mol. The lowest BCUT2D eigenvalue weighted by atomic mass is 10.0. The molecule has 6 rings (SSSR count). The quantitative estimate of drug-likeness (QED) is 0.303. The number of anilines is 1. The number of pyridine rings is 2. The Labute approximate surface area is 191 Å². The maximum atomic E-state index is 4.65. The number of benzene rings is 1. The molecule has 3 N–H and O–H groups in total. The van der Waals surface area contributed by atoms with E-state index in [0.29, 0.717) is 6.04 Å². The van der Waals surface area contributed by atoms with Gasteiger partial charge in [-0.2, -0.15) is 5.10 Å². The first-order valence-electron chi connectivity index (χ1n) is 11.2. The molecule has 0 saturated heterocycles. The molecule has 1 aliphatic rings. The van der Waals surface area contributed by atoms with Gasteiger partial charge in [-0.1, -0.05) is 24.3 Å². The zero-order valence-electron chi connectivity index (χ0n) is 18.6. The average Bonchev–Trinajstić information content (AvgIpc) is 3.57. The Bertz CT molecular complexity index is 1550. The lowest BCUT2D eigenvalue weighted by Crippen LogP contribution is -2.09. The standard InChI is InChI=1S/C27H24N6/c1-16(2)30-20-11-19(14-28-15-20)18-7-8-24-21(12-18)27(33-32-24)25-13-22-23(31-25)9-10-29-26(22)17-5-3-4-6-17/h3,5-16,30-31H,4H2,1-2H3,(H,32,33). The predicted octanol–water partition coefficient (Wildman–Crippen LogP) is 6.33. The maximum absolute atomic E-state index is 4.65. The highest BCUT2D eigenvalue weighted by molar-refractivity contribution is 6.00. The summed E-state index contributed by atoms with van der Waals surface area (Å²) in [5, 5.41) is 13.4. The van der Waals surface area contributed by atoms with Crippen molar-refractivity contribution in [2.45, 2.75) is 26.3 Å². The largest absolute Gasteiger partial charge is 0.382 e. The predicted molar refractivity (Wildman–Crippen MR) is 135 cm³/mol. The summed E-state index contributed by atoms with van der Waals surface area (Å²) in [5.41, 5.74) is 9.28. The number of hydrogen-bond acceptors (Lipinski definition) is 4. The van der Waals surface area contributed by atoms with Crippen LogP contribution in [0.15, 0.2) is 73.2 Å². The Morgan fingerprint density at radius 1 is 0.939 bits per heavy atom. The fourth-order valence-electron chi connectivity index (χ4n) is 4.45. The highest BCUT2D eigenvalue weighted by atomic mass is 15.1. The molecule has 1 aliphatic carbocycles. The van der Waals surface area contributed by atoms with E-state index < -0.39 is 0 Å². The van der Waals surface area contributed by atoms with E-state index >= 15 is 0 Å². The highest BCUT2D eigenvalue weighted by Crippen LogP contribution is 2.34. The molecule has 0 fully saturated rings. The van der Waals surface area contributed by atoms with Crippen LogP contribution in [-0.2, 0) is 0 Å². The highest BCUT2D eigenvalue weighted by Gasteiger charge is 2.16. The van der Waals surface area contributed by atoms with Gasteiger partial charge in [0.2, 0.25) is 0 Å². The molecule has 4 heterocycles. The fourth-order valence-corrected chi connectivity index (χ4v) is 4.45. The molecule has 0 spiro atoms. The molecule has 0 bridgehead atoms. The molecule has 33 heavy (non-hydrogen) atoms. The fraction of sp³-hybridized carbons (Fsp3) is 0.148. The minimum Gasteiger partial charge on any atom is -0.382 e. The van der Waals surface area contributed by atoms with Crippen LogP contribution in [0.25, 0.3) is 49.9 Å². The molecule has 6 nitrogen and oxygen atoms in total. The third-order valence-electron chi connectivity index (χ3n) is 5.94. The van der Waals surface area contributed by atoms with E-state index in [1.165, 1.54) is 5.57 Å². The van der Waals surface area contributed by atoms with Gasteiger partial charge in [0.1, 0.15) is 5.69 Å². The van der Waals surface area contributed by atoms with Gasteiger partial charge < -0.3 is 10.3 Å². The van der Waals surface area contributed by atoms with Gasteiger partial charge in [-0.25, -0.2) is 0 Å². The van der Waals surface area contributed by atoms with Gasteiger partial charge >= 0.3 is 0 Å². The van der Waals surface area contributed by atoms with E-state index in [2.05, 4.69) is 92.9 Å². The summed E-state index contributed by atoms with van der Waals surface area (Å²) in [5.74, 6) is 0. The Hall–Kier alpha value is -4.19. The maximum Gasteiger partial charge on any atom is 0.116 e. The summed E-state index contributed by atoms with van der Waals surface area (Å²) in [4.78, 5) is 12.6. The van der Waals surface area contributed by atoms with E-state index in [1.807, 2.05) is 24.7 Å². The molecule has 162 valence electrons. The van der Waals surface area contributed by atoms with Crippen molar-refractivity contribution in [3.63, 3.8) is 0 Å². The van der Waals surface area contributed by atoms with Crippen LogP contribution in [0.3, 0.4) is 0 Å². The van der Waals surface area contributed by atoms with Crippen LogP contribution >= 0.6 is 0 Å². The number of allylic oxidation sites excluding steroid dienone is 4. The summed E-state index contributed by atoms with van der Waals surface area (Å²) in [6.45, 7) is 4.24. The molecule has 0 unspecified atom stereocenters. The smallest absolute Gasteiger partial charge is 0.116 e. The SMILES string of the molecule is CC(C)Nc1cncc(-c2ccc3[nH]nc(-c4cc5c(C6=CCC=C6)nccc5[nH]4)c3c2)c1. The lowest BCUT2D eigenvalue weighted by Gasteiger charge is -2.11. The van der Waals surface area contributed by atoms with Crippen molar-refractivity contribution in [1.29, 1.82) is 0 Å². The number of nitrogens with zero attached hydrogens (tertiary/aromatic N) is 3. The molecule has 0 amide bonds. The van der Waals surface area contributed by atoms with Crippen LogP contribution in [0.4, 0.5) is 5.69 Å². The molecule has 6 heteroatoms. The van der Waals surface area contributed by atoms with E-state index in [1.54, 1.807) is 0 Å². The van der Waals surface area contributed by atoms with E-state index in [0.717, 1.165) is 62.1 Å². The Kier molecular flexibility index (Phi) is 4.57. The molecular weight excluding hydrogens is 408 g/mol. The summed E-state index contributed by atoms with van der Waals surface area (Å²) >= 11 is 0. The summed E-state index contributed by atoms with van der Waals surface area (Å²) in [6.07, 6.45) is 13.1. The van der Waals surface area contributed by atoms with Gasteiger partial charge in [-0.15, -0.1) is 0 Å². The van der Waals surface area contributed by atoms with Gasteiger partial charge in [0.05, 0.1) is 22.6 Å². The third kappa shape index (κ3) is 3.49. The number of aromatic amines is 2. The zero-order valence-corrected chi connectivity index (χ0v) is 18.6. The van der Waals surface area contributed by atoms with Crippen LogP contribution in [-0.4, -0.2) is 31.2 Å². The van der Waals surface area contributed by atoms with Crippen LogP contribution in [0.5, 0.6) is 0 Å². The van der Waals surface area contributed by atoms with Gasteiger partial charge in [0.15, 0.2) is 0 Å². The Balaban J connectivity index is 1.45. The van der Waals surface area contributed by atoms with Crippen LogP contribution < -0.4 is 5.32 Å². The molecule has 0 saturated carbocycles. The number of aromatic nitrogens is 5. The summed E-state index contributed by atoms with van der Waals surface area (Å²) in [7, 11) is 0. The second kappa shape index (κ2) is 7.74. The van der Waals surface area contributed by atoms with Crippen molar-refractivity contribution in [3.8, 4) is 22.5 Å². The van der Waals surface area contributed by atoms with Gasteiger partial charge in [0.25, 0.3) is 0 Å². The van der Waals surface area contributed by atoms with E-state index in [9.17, 15) is 0 Å². The van der Waals surface area contributed by atoms with Crippen molar-refractivity contribution in [3.05, 3.63) is 78.9 Å². The van der Waals surface area contributed by atoms with Crippen molar-refractivity contribution < 1.29 is 0 Å².